The van der Waals surface area contributed by atoms with Gasteiger partial charge in [0, 0.05) is 16.3 Å². The van der Waals surface area contributed by atoms with Crippen molar-refractivity contribution in [1.82, 2.24) is 4.72 Å². The van der Waals surface area contributed by atoms with Gasteiger partial charge in [-0.2, -0.15) is 0 Å². The number of rotatable bonds is 5. The molecule has 19 heavy (non-hydrogen) atoms. The zero-order valence-corrected chi connectivity index (χ0v) is 12.1. The second kappa shape index (κ2) is 5.83. The van der Waals surface area contributed by atoms with E-state index < -0.39 is 10.0 Å². The molecule has 0 aliphatic rings. The second-order valence-corrected chi connectivity index (χ2v) is 7.21. The standard InChI is InChI=1S/C13H15NO3S2/c1-10-6-7-12(18-10)8-14-19(16,17)13-5-3-2-4-11(13)9-15/h2-7,14-15H,8-9H2,1H3. The molecule has 2 N–H and O–H groups in total. The zero-order chi connectivity index (χ0) is 13.9. The summed E-state index contributed by atoms with van der Waals surface area (Å²) in [5.41, 5.74) is 0.400. The summed E-state index contributed by atoms with van der Waals surface area (Å²) in [4.78, 5) is 2.23. The van der Waals surface area contributed by atoms with Crippen LogP contribution >= 0.6 is 11.3 Å². The molecular formula is C13H15NO3S2. The molecule has 0 fully saturated rings. The molecule has 0 atom stereocenters. The van der Waals surface area contributed by atoms with Gasteiger partial charge in [0.2, 0.25) is 10.0 Å². The van der Waals surface area contributed by atoms with Crippen LogP contribution in [0.3, 0.4) is 0 Å². The SMILES string of the molecule is Cc1ccc(CNS(=O)(=O)c2ccccc2CO)s1. The van der Waals surface area contributed by atoms with Crippen LogP contribution in [-0.4, -0.2) is 13.5 Å². The molecule has 0 radical (unpaired) electrons. The van der Waals surface area contributed by atoms with Gasteiger partial charge in [-0.05, 0) is 30.7 Å². The molecule has 2 aromatic rings. The molecular weight excluding hydrogens is 282 g/mol. The molecule has 1 heterocycles. The molecule has 0 aliphatic carbocycles. The normalized spacial score (nSPS) is 11.7. The van der Waals surface area contributed by atoms with E-state index in [9.17, 15) is 13.5 Å². The summed E-state index contributed by atoms with van der Waals surface area (Å²) in [6.45, 7) is 1.94. The predicted molar refractivity (Wildman–Crippen MR) is 75.4 cm³/mol. The van der Waals surface area contributed by atoms with Crippen LogP contribution < -0.4 is 4.72 Å². The van der Waals surface area contributed by atoms with Crippen molar-refractivity contribution in [3.63, 3.8) is 0 Å². The first-order valence-electron chi connectivity index (χ1n) is 5.76. The van der Waals surface area contributed by atoms with Crippen LogP contribution in [-0.2, 0) is 23.2 Å². The van der Waals surface area contributed by atoms with E-state index in [0.717, 1.165) is 9.75 Å². The van der Waals surface area contributed by atoms with E-state index in [0.29, 0.717) is 5.56 Å². The first kappa shape index (κ1) is 14.2. The first-order chi connectivity index (χ1) is 9.03. The second-order valence-electron chi connectivity index (χ2n) is 4.10. The highest BCUT2D eigenvalue weighted by molar-refractivity contribution is 7.89. The van der Waals surface area contributed by atoms with Gasteiger partial charge in [0.1, 0.15) is 0 Å². The van der Waals surface area contributed by atoms with E-state index in [2.05, 4.69) is 4.72 Å². The van der Waals surface area contributed by atoms with Crippen molar-refractivity contribution in [2.75, 3.05) is 0 Å². The Morgan fingerprint density at radius 1 is 1.21 bits per heavy atom. The third kappa shape index (κ3) is 3.42. The number of thiophene rings is 1. The average Bonchev–Trinajstić information content (AvgIpc) is 2.82. The minimum absolute atomic E-state index is 0.130. The summed E-state index contributed by atoms with van der Waals surface area (Å²) in [6, 6.07) is 10.3. The van der Waals surface area contributed by atoms with Gasteiger partial charge < -0.3 is 5.11 Å². The Labute approximate surface area is 116 Å². The largest absolute Gasteiger partial charge is 0.392 e. The molecule has 0 saturated heterocycles. The summed E-state index contributed by atoms with van der Waals surface area (Å²) >= 11 is 1.56. The minimum Gasteiger partial charge on any atom is -0.392 e. The van der Waals surface area contributed by atoms with Crippen LogP contribution in [0, 0.1) is 6.92 Å². The van der Waals surface area contributed by atoms with Crippen LogP contribution in [0.5, 0.6) is 0 Å². The van der Waals surface area contributed by atoms with Crippen molar-refractivity contribution >= 4 is 21.4 Å². The van der Waals surface area contributed by atoms with Crippen molar-refractivity contribution < 1.29 is 13.5 Å². The molecule has 0 spiro atoms. The summed E-state index contributed by atoms with van der Waals surface area (Å²) in [5.74, 6) is 0. The molecule has 1 aromatic heterocycles. The Balaban J connectivity index is 2.18. The Morgan fingerprint density at radius 3 is 2.58 bits per heavy atom. The number of hydrogen-bond acceptors (Lipinski definition) is 4. The highest BCUT2D eigenvalue weighted by Crippen LogP contribution is 2.18. The molecule has 102 valence electrons. The molecule has 0 unspecified atom stereocenters. The van der Waals surface area contributed by atoms with Crippen LogP contribution in [0.25, 0.3) is 0 Å². The topological polar surface area (TPSA) is 66.4 Å². The molecule has 0 amide bonds. The highest BCUT2D eigenvalue weighted by atomic mass is 32.2. The summed E-state index contributed by atoms with van der Waals surface area (Å²) in [5, 5.41) is 9.18. The fourth-order valence-corrected chi connectivity index (χ4v) is 3.88. The zero-order valence-electron chi connectivity index (χ0n) is 10.5. The van der Waals surface area contributed by atoms with E-state index in [4.69, 9.17) is 0 Å². The number of hydrogen-bond donors (Lipinski definition) is 2. The summed E-state index contributed by atoms with van der Waals surface area (Å²) < 4.78 is 26.9. The van der Waals surface area contributed by atoms with Crippen molar-refractivity contribution in [2.24, 2.45) is 0 Å². The Kier molecular flexibility index (Phi) is 4.36. The molecule has 0 aliphatic heterocycles. The van der Waals surface area contributed by atoms with Crippen molar-refractivity contribution in [1.29, 1.82) is 0 Å². The van der Waals surface area contributed by atoms with E-state index >= 15 is 0 Å². The lowest BCUT2D eigenvalue weighted by atomic mass is 10.2. The van der Waals surface area contributed by atoms with Gasteiger partial charge in [-0.3, -0.25) is 0 Å². The molecule has 2 rings (SSSR count). The molecule has 1 aromatic carbocycles. The van der Waals surface area contributed by atoms with Crippen LogP contribution in [0.4, 0.5) is 0 Å². The Hall–Kier alpha value is -1.21. The fourth-order valence-electron chi connectivity index (χ4n) is 1.72. The predicted octanol–water partition coefficient (Wildman–Crippen LogP) is 2.03. The van der Waals surface area contributed by atoms with E-state index in [1.54, 1.807) is 29.5 Å². The third-order valence-corrected chi connectivity index (χ3v) is 5.17. The van der Waals surface area contributed by atoms with E-state index in [1.165, 1.54) is 6.07 Å². The van der Waals surface area contributed by atoms with Gasteiger partial charge >= 0.3 is 0 Å². The molecule has 0 bridgehead atoms. The van der Waals surface area contributed by atoms with Crippen LogP contribution in [0.1, 0.15) is 15.3 Å². The number of aliphatic hydroxyl groups is 1. The van der Waals surface area contributed by atoms with Crippen molar-refractivity contribution in [2.45, 2.75) is 25.0 Å². The summed E-state index contributed by atoms with van der Waals surface area (Å²) in [6.07, 6.45) is 0. The van der Waals surface area contributed by atoms with Gasteiger partial charge in [0.15, 0.2) is 0 Å². The lowest BCUT2D eigenvalue weighted by Crippen LogP contribution is -2.24. The van der Waals surface area contributed by atoms with Gasteiger partial charge in [0.05, 0.1) is 11.5 Å². The maximum absolute atomic E-state index is 12.2. The van der Waals surface area contributed by atoms with Gasteiger partial charge in [-0.15, -0.1) is 11.3 Å². The fraction of sp³-hybridized carbons (Fsp3) is 0.231. The number of benzene rings is 1. The van der Waals surface area contributed by atoms with Crippen molar-refractivity contribution in [3.05, 3.63) is 51.7 Å². The maximum Gasteiger partial charge on any atom is 0.241 e. The third-order valence-electron chi connectivity index (χ3n) is 2.66. The lowest BCUT2D eigenvalue weighted by molar-refractivity contribution is 0.278. The quantitative estimate of drug-likeness (QED) is 0.887. The maximum atomic E-state index is 12.2. The highest BCUT2D eigenvalue weighted by Gasteiger charge is 2.17. The molecule has 4 nitrogen and oxygen atoms in total. The van der Waals surface area contributed by atoms with Crippen LogP contribution in [0.2, 0.25) is 0 Å². The summed E-state index contributed by atoms with van der Waals surface area (Å²) in [7, 11) is -3.60. The van der Waals surface area contributed by atoms with E-state index in [-0.39, 0.29) is 18.0 Å². The minimum atomic E-state index is -3.60. The average molecular weight is 297 g/mol. The Bertz CT molecular complexity index is 662. The number of aliphatic hydroxyl groups excluding tert-OH is 1. The lowest BCUT2D eigenvalue weighted by Gasteiger charge is -2.09. The number of nitrogens with one attached hydrogen (secondary N) is 1. The number of sulfonamides is 1. The number of aryl methyl sites for hydroxylation is 1. The molecule has 0 saturated carbocycles. The van der Waals surface area contributed by atoms with E-state index in [1.807, 2.05) is 19.1 Å². The smallest absolute Gasteiger partial charge is 0.241 e. The van der Waals surface area contributed by atoms with Gasteiger partial charge in [0.25, 0.3) is 0 Å². The van der Waals surface area contributed by atoms with Gasteiger partial charge in [-0.25, -0.2) is 13.1 Å². The Morgan fingerprint density at radius 2 is 1.95 bits per heavy atom. The van der Waals surface area contributed by atoms with Crippen molar-refractivity contribution in [3.8, 4) is 0 Å². The monoisotopic (exact) mass is 297 g/mol. The molecule has 6 heteroatoms. The van der Waals surface area contributed by atoms with Crippen LogP contribution in [0.15, 0.2) is 41.3 Å². The van der Waals surface area contributed by atoms with Gasteiger partial charge in [-0.1, -0.05) is 18.2 Å². The first-order valence-corrected chi connectivity index (χ1v) is 8.06.